The van der Waals surface area contributed by atoms with E-state index >= 15 is 0 Å². The molecule has 22 heavy (non-hydrogen) atoms. The van der Waals surface area contributed by atoms with Gasteiger partial charge < -0.3 is 9.47 Å². The van der Waals surface area contributed by atoms with Crippen molar-refractivity contribution >= 4 is 0 Å². The molecule has 2 heterocycles. The molecule has 1 saturated carbocycles. The van der Waals surface area contributed by atoms with Gasteiger partial charge in [0.2, 0.25) is 0 Å². The number of rotatable bonds is 2. The second kappa shape index (κ2) is 5.79. The van der Waals surface area contributed by atoms with E-state index in [1.54, 1.807) is 5.57 Å². The van der Waals surface area contributed by atoms with Crippen LogP contribution in [0.1, 0.15) is 66.2 Å². The summed E-state index contributed by atoms with van der Waals surface area (Å²) in [4.78, 5) is 0. The highest BCUT2D eigenvalue weighted by Gasteiger charge is 2.55. The summed E-state index contributed by atoms with van der Waals surface area (Å²) in [6.07, 6.45) is 10.5. The second-order valence-corrected chi connectivity index (χ2v) is 8.36. The molecule has 2 aliphatic heterocycles. The lowest BCUT2D eigenvalue weighted by Gasteiger charge is -2.23. The van der Waals surface area contributed by atoms with Gasteiger partial charge in [-0.05, 0) is 78.1 Å². The van der Waals surface area contributed by atoms with Crippen molar-refractivity contribution < 1.29 is 9.47 Å². The number of hydrogen-bond donors (Lipinski definition) is 0. The number of epoxide rings is 2. The van der Waals surface area contributed by atoms with Crippen molar-refractivity contribution in [1.82, 2.24) is 0 Å². The molecule has 0 aromatic carbocycles. The lowest BCUT2D eigenvalue weighted by molar-refractivity contribution is 0.221. The van der Waals surface area contributed by atoms with Crippen molar-refractivity contribution in [2.75, 3.05) is 6.61 Å². The first-order valence-corrected chi connectivity index (χ1v) is 8.95. The zero-order valence-electron chi connectivity index (χ0n) is 14.8. The maximum absolute atomic E-state index is 5.60. The molecule has 124 valence electrons. The van der Waals surface area contributed by atoms with E-state index in [1.165, 1.54) is 44.1 Å². The standard InChI is InChI=1S/2C10H16O/c1-7(2)8-4-5-10(3)9(6-8)11-10;1-8-3-5-9(6-4-8)10(2)7-11-10/h8-9H,1,4-6H2,2-3H3;3,9H,4-7H2,1-2H3. The first-order chi connectivity index (χ1) is 10.3. The molecule has 4 aliphatic rings. The Morgan fingerprint density at radius 2 is 2.00 bits per heavy atom. The summed E-state index contributed by atoms with van der Waals surface area (Å²) in [7, 11) is 0. The monoisotopic (exact) mass is 304 g/mol. The third kappa shape index (κ3) is 3.49. The summed E-state index contributed by atoms with van der Waals surface area (Å²) in [5.41, 5.74) is 3.43. The minimum Gasteiger partial charge on any atom is -0.370 e. The van der Waals surface area contributed by atoms with Gasteiger partial charge in [0.1, 0.15) is 0 Å². The number of allylic oxidation sites excluding steroid dienone is 3. The number of hydrogen-bond acceptors (Lipinski definition) is 2. The average molecular weight is 304 g/mol. The second-order valence-electron chi connectivity index (χ2n) is 8.36. The van der Waals surface area contributed by atoms with Crippen LogP contribution < -0.4 is 0 Å². The van der Waals surface area contributed by atoms with E-state index in [2.05, 4.69) is 40.3 Å². The molecule has 0 spiro atoms. The Bertz CT molecular complexity index is 474. The Morgan fingerprint density at radius 1 is 1.27 bits per heavy atom. The van der Waals surface area contributed by atoms with Crippen molar-refractivity contribution in [3.63, 3.8) is 0 Å². The summed E-state index contributed by atoms with van der Waals surface area (Å²) >= 11 is 0. The summed E-state index contributed by atoms with van der Waals surface area (Å²) in [5, 5.41) is 0. The molecule has 5 unspecified atom stereocenters. The molecule has 4 rings (SSSR count). The van der Waals surface area contributed by atoms with Gasteiger partial charge in [0.05, 0.1) is 23.9 Å². The highest BCUT2D eigenvalue weighted by Crippen LogP contribution is 2.50. The van der Waals surface area contributed by atoms with Gasteiger partial charge in [-0.3, -0.25) is 0 Å². The molecule has 0 amide bonds. The number of ether oxygens (including phenoxy) is 2. The van der Waals surface area contributed by atoms with Gasteiger partial charge in [0, 0.05) is 0 Å². The zero-order valence-corrected chi connectivity index (χ0v) is 14.8. The van der Waals surface area contributed by atoms with Crippen molar-refractivity contribution in [2.24, 2.45) is 11.8 Å². The summed E-state index contributed by atoms with van der Waals surface area (Å²) < 4.78 is 11.0. The van der Waals surface area contributed by atoms with Gasteiger partial charge in [-0.2, -0.15) is 0 Å². The molecule has 0 bridgehead atoms. The number of fused-ring (bicyclic) bond motifs is 1. The van der Waals surface area contributed by atoms with Crippen molar-refractivity contribution in [3.8, 4) is 0 Å². The van der Waals surface area contributed by atoms with Crippen LogP contribution in [0.2, 0.25) is 0 Å². The van der Waals surface area contributed by atoms with Crippen LogP contribution in [0, 0.1) is 11.8 Å². The van der Waals surface area contributed by atoms with Gasteiger partial charge in [-0.25, -0.2) is 0 Å². The van der Waals surface area contributed by atoms with Gasteiger partial charge in [-0.1, -0.05) is 23.8 Å². The van der Waals surface area contributed by atoms with Gasteiger partial charge >= 0.3 is 0 Å². The maximum Gasteiger partial charge on any atom is 0.0920 e. The third-order valence-electron chi connectivity index (χ3n) is 6.32. The van der Waals surface area contributed by atoms with Crippen LogP contribution in [0.4, 0.5) is 0 Å². The predicted octanol–water partition coefficient (Wildman–Crippen LogP) is 5.04. The quantitative estimate of drug-likeness (QED) is 0.527. The lowest BCUT2D eigenvalue weighted by Crippen LogP contribution is -2.22. The molecule has 0 aromatic rings. The molecular formula is C20H32O2. The fourth-order valence-corrected chi connectivity index (χ4v) is 3.96. The van der Waals surface area contributed by atoms with Gasteiger partial charge in [-0.15, -0.1) is 0 Å². The van der Waals surface area contributed by atoms with Gasteiger partial charge in [0.15, 0.2) is 0 Å². The normalized spacial score (nSPS) is 45.8. The summed E-state index contributed by atoms with van der Waals surface area (Å²) in [6.45, 7) is 13.8. The molecule has 2 saturated heterocycles. The Morgan fingerprint density at radius 3 is 2.50 bits per heavy atom. The molecule has 0 N–H and O–H groups in total. The average Bonchev–Trinajstić information content (AvgIpc) is 3.36. The van der Waals surface area contributed by atoms with E-state index in [9.17, 15) is 0 Å². The SMILES string of the molecule is C=C(C)C1CCC2(C)OC2C1.CC1=CCC(C2(C)CO2)CC1. The van der Waals surface area contributed by atoms with Crippen LogP contribution in [-0.4, -0.2) is 23.9 Å². The van der Waals surface area contributed by atoms with Crippen LogP contribution in [0.25, 0.3) is 0 Å². The lowest BCUT2D eigenvalue weighted by atomic mass is 9.80. The first-order valence-electron chi connectivity index (χ1n) is 8.95. The van der Waals surface area contributed by atoms with Crippen molar-refractivity contribution in [1.29, 1.82) is 0 Å². The Kier molecular flexibility index (Phi) is 4.28. The van der Waals surface area contributed by atoms with Gasteiger partial charge in [0.25, 0.3) is 0 Å². The Labute approximate surface area is 136 Å². The molecule has 5 atom stereocenters. The molecule has 2 heteroatoms. The highest BCUT2D eigenvalue weighted by molar-refractivity contribution is 5.10. The zero-order chi connectivity index (χ0) is 16.0. The minimum absolute atomic E-state index is 0.261. The van der Waals surface area contributed by atoms with E-state index in [4.69, 9.17) is 9.47 Å². The van der Waals surface area contributed by atoms with Crippen LogP contribution >= 0.6 is 0 Å². The predicted molar refractivity (Wildman–Crippen MR) is 90.9 cm³/mol. The third-order valence-corrected chi connectivity index (χ3v) is 6.32. The van der Waals surface area contributed by atoms with Crippen molar-refractivity contribution in [2.45, 2.75) is 83.5 Å². The summed E-state index contributed by atoms with van der Waals surface area (Å²) in [6, 6.07) is 0. The maximum atomic E-state index is 5.60. The fraction of sp³-hybridized carbons (Fsp3) is 0.800. The fourth-order valence-electron chi connectivity index (χ4n) is 3.96. The molecule has 2 nitrogen and oxygen atoms in total. The minimum atomic E-state index is 0.261. The first kappa shape index (κ1) is 16.3. The smallest absolute Gasteiger partial charge is 0.0920 e. The van der Waals surface area contributed by atoms with Crippen LogP contribution in [0.5, 0.6) is 0 Å². The van der Waals surface area contributed by atoms with E-state index in [1.807, 2.05) is 0 Å². The van der Waals surface area contributed by atoms with Crippen LogP contribution in [0.15, 0.2) is 23.8 Å². The topological polar surface area (TPSA) is 25.1 Å². The highest BCUT2D eigenvalue weighted by atomic mass is 16.6. The van der Waals surface area contributed by atoms with E-state index in [0.717, 1.165) is 18.4 Å². The van der Waals surface area contributed by atoms with E-state index in [-0.39, 0.29) is 11.2 Å². The molecule has 0 aromatic heterocycles. The van der Waals surface area contributed by atoms with E-state index < -0.39 is 0 Å². The molecule has 2 aliphatic carbocycles. The molecular weight excluding hydrogens is 272 g/mol. The molecule has 0 radical (unpaired) electrons. The van der Waals surface area contributed by atoms with Crippen LogP contribution in [-0.2, 0) is 9.47 Å². The Balaban J connectivity index is 0.000000131. The Hall–Kier alpha value is -0.600. The van der Waals surface area contributed by atoms with Crippen LogP contribution in [0.3, 0.4) is 0 Å². The summed E-state index contributed by atoms with van der Waals surface area (Å²) in [5.74, 6) is 1.53. The molecule has 3 fully saturated rings. The van der Waals surface area contributed by atoms with Crippen molar-refractivity contribution in [3.05, 3.63) is 23.8 Å². The largest absolute Gasteiger partial charge is 0.370 e. The van der Waals surface area contributed by atoms with E-state index in [0.29, 0.717) is 6.10 Å².